The second-order valence-electron chi connectivity index (χ2n) is 8.47. The monoisotopic (exact) mass is 406 g/mol. The Bertz CT molecular complexity index is 873. The number of hydrogen-bond donors (Lipinski definition) is 2. The van der Waals surface area contributed by atoms with Gasteiger partial charge in [-0.05, 0) is 75.6 Å². The van der Waals surface area contributed by atoms with Gasteiger partial charge in [-0.25, -0.2) is 8.42 Å². The van der Waals surface area contributed by atoms with E-state index in [1.54, 1.807) is 13.0 Å². The molecule has 2 unspecified atom stereocenters. The maximum absolute atomic E-state index is 13.4. The zero-order valence-corrected chi connectivity index (χ0v) is 17.5. The highest BCUT2D eigenvalue weighted by Crippen LogP contribution is 2.43. The molecule has 0 aromatic heterocycles. The van der Waals surface area contributed by atoms with Gasteiger partial charge in [0.1, 0.15) is 5.75 Å². The molecule has 1 saturated heterocycles. The first kappa shape index (κ1) is 19.7. The number of benzene rings is 1. The molecule has 1 aromatic rings. The third-order valence-corrected chi connectivity index (χ3v) is 8.27. The minimum Gasteiger partial charge on any atom is -0.492 e. The maximum Gasteiger partial charge on any atom is 0.255 e. The number of sulfone groups is 1. The third-order valence-electron chi connectivity index (χ3n) is 6.55. The number of fused-ring (bicyclic) bond motifs is 1. The van der Waals surface area contributed by atoms with Crippen LogP contribution in [-0.4, -0.2) is 44.8 Å². The van der Waals surface area contributed by atoms with Crippen LogP contribution in [0.2, 0.25) is 0 Å². The van der Waals surface area contributed by atoms with Crippen LogP contribution in [0.3, 0.4) is 0 Å². The molecule has 1 amide bonds. The molecule has 1 aromatic carbocycles. The molecule has 28 heavy (non-hydrogen) atoms. The van der Waals surface area contributed by atoms with Gasteiger partial charge in [-0.1, -0.05) is 6.92 Å². The number of ether oxygens (including phenoxy) is 1. The molecule has 6 nitrogen and oxygen atoms in total. The van der Waals surface area contributed by atoms with Crippen molar-refractivity contribution in [1.29, 1.82) is 0 Å². The average Bonchev–Trinajstić information content (AvgIpc) is 3.41. The summed E-state index contributed by atoms with van der Waals surface area (Å²) < 4.78 is 30.8. The minimum atomic E-state index is -3.40. The van der Waals surface area contributed by atoms with Crippen molar-refractivity contribution in [3.8, 4) is 5.75 Å². The molecule has 3 aliphatic rings. The molecule has 1 aliphatic carbocycles. The Kier molecular flexibility index (Phi) is 5.16. The lowest BCUT2D eigenvalue weighted by Gasteiger charge is -2.37. The molecule has 1 saturated carbocycles. The fourth-order valence-corrected chi connectivity index (χ4v) is 5.59. The summed E-state index contributed by atoms with van der Waals surface area (Å²) >= 11 is 0. The average molecular weight is 407 g/mol. The second kappa shape index (κ2) is 7.34. The molecular formula is C21H30N2O4S. The van der Waals surface area contributed by atoms with Crippen molar-refractivity contribution in [2.45, 2.75) is 68.8 Å². The van der Waals surface area contributed by atoms with Gasteiger partial charge in [-0.3, -0.25) is 4.79 Å². The predicted octanol–water partition coefficient (Wildman–Crippen LogP) is 2.46. The summed E-state index contributed by atoms with van der Waals surface area (Å²) in [7, 11) is -3.40. The van der Waals surface area contributed by atoms with Crippen LogP contribution >= 0.6 is 0 Å². The zero-order valence-electron chi connectivity index (χ0n) is 16.7. The molecule has 2 fully saturated rings. The Labute approximate surface area is 167 Å². The number of hydrogen-bond acceptors (Lipinski definition) is 5. The summed E-state index contributed by atoms with van der Waals surface area (Å²) in [5, 5.41) is 6.82. The van der Waals surface area contributed by atoms with Gasteiger partial charge in [0, 0.05) is 6.04 Å². The van der Waals surface area contributed by atoms with Gasteiger partial charge in [0.25, 0.3) is 5.91 Å². The smallest absolute Gasteiger partial charge is 0.255 e. The number of rotatable bonds is 6. The minimum absolute atomic E-state index is 0.0134. The van der Waals surface area contributed by atoms with Crippen LogP contribution in [0.1, 0.15) is 61.9 Å². The first-order chi connectivity index (χ1) is 13.3. The van der Waals surface area contributed by atoms with Crippen LogP contribution < -0.4 is 15.4 Å². The third kappa shape index (κ3) is 3.54. The molecule has 0 radical (unpaired) electrons. The highest BCUT2D eigenvalue weighted by Gasteiger charge is 2.48. The lowest BCUT2D eigenvalue weighted by atomic mass is 9.85. The first-order valence-electron chi connectivity index (χ1n) is 10.4. The second-order valence-corrected chi connectivity index (χ2v) is 10.8. The number of carbonyl (C=O) groups is 1. The van der Waals surface area contributed by atoms with Crippen LogP contribution in [0.15, 0.2) is 17.0 Å². The van der Waals surface area contributed by atoms with Crippen molar-refractivity contribution in [2.24, 2.45) is 5.92 Å². The zero-order chi connectivity index (χ0) is 19.9. The van der Waals surface area contributed by atoms with E-state index in [2.05, 4.69) is 17.6 Å². The molecule has 2 aliphatic heterocycles. The fraction of sp³-hybridized carbons (Fsp3) is 0.667. The van der Waals surface area contributed by atoms with Crippen LogP contribution in [0, 0.1) is 5.92 Å². The normalized spacial score (nSPS) is 24.1. The van der Waals surface area contributed by atoms with Gasteiger partial charge in [0.05, 0.1) is 28.4 Å². The molecule has 0 spiro atoms. The van der Waals surface area contributed by atoms with Gasteiger partial charge in [0.2, 0.25) is 0 Å². The summed E-state index contributed by atoms with van der Waals surface area (Å²) in [6, 6.07) is 3.44. The topological polar surface area (TPSA) is 84.5 Å². The van der Waals surface area contributed by atoms with E-state index < -0.39 is 9.84 Å². The maximum atomic E-state index is 13.4. The van der Waals surface area contributed by atoms with E-state index in [0.29, 0.717) is 23.8 Å². The molecule has 2 N–H and O–H groups in total. The van der Waals surface area contributed by atoms with Gasteiger partial charge < -0.3 is 15.4 Å². The molecule has 4 rings (SSSR count). The summed E-state index contributed by atoms with van der Waals surface area (Å²) in [6.45, 7) is 5.29. The highest BCUT2D eigenvalue weighted by atomic mass is 32.2. The fourth-order valence-electron chi connectivity index (χ4n) is 4.63. The number of carbonyl (C=O) groups excluding carboxylic acids is 1. The van der Waals surface area contributed by atoms with Crippen LogP contribution in [0.25, 0.3) is 0 Å². The van der Waals surface area contributed by atoms with E-state index in [9.17, 15) is 13.2 Å². The summed E-state index contributed by atoms with van der Waals surface area (Å²) in [5.41, 5.74) is 0.849. The van der Waals surface area contributed by atoms with Crippen molar-refractivity contribution >= 4 is 15.7 Å². The Morgan fingerprint density at radius 1 is 1.29 bits per heavy atom. The van der Waals surface area contributed by atoms with Crippen molar-refractivity contribution in [2.75, 3.05) is 18.9 Å². The molecule has 154 valence electrons. The molecule has 2 heterocycles. The van der Waals surface area contributed by atoms with Gasteiger partial charge >= 0.3 is 0 Å². The molecule has 2 atom stereocenters. The van der Waals surface area contributed by atoms with E-state index in [0.717, 1.165) is 50.6 Å². The van der Waals surface area contributed by atoms with Crippen molar-refractivity contribution < 1.29 is 17.9 Å². The first-order valence-corrected chi connectivity index (χ1v) is 12.1. The Morgan fingerprint density at radius 3 is 2.71 bits per heavy atom. The molecule has 7 heteroatoms. The van der Waals surface area contributed by atoms with Crippen LogP contribution in [-0.2, 0) is 16.3 Å². The van der Waals surface area contributed by atoms with E-state index in [1.165, 1.54) is 6.07 Å². The number of nitrogens with one attached hydrogen (secondary N) is 2. The van der Waals surface area contributed by atoms with E-state index >= 15 is 0 Å². The van der Waals surface area contributed by atoms with Gasteiger partial charge in [-0.2, -0.15) is 0 Å². The molecular weight excluding hydrogens is 376 g/mol. The Balaban J connectivity index is 1.70. The summed E-state index contributed by atoms with van der Waals surface area (Å²) in [5.74, 6) is 0.802. The summed E-state index contributed by atoms with van der Waals surface area (Å²) in [4.78, 5) is 13.6. The lowest BCUT2D eigenvalue weighted by Crippen LogP contribution is -2.59. The van der Waals surface area contributed by atoms with Crippen molar-refractivity contribution in [3.05, 3.63) is 23.3 Å². The number of amides is 1. The summed E-state index contributed by atoms with van der Waals surface area (Å²) in [6.07, 6.45) is 5.96. The van der Waals surface area contributed by atoms with E-state index in [4.69, 9.17) is 4.74 Å². The van der Waals surface area contributed by atoms with Gasteiger partial charge in [-0.15, -0.1) is 0 Å². The lowest BCUT2D eigenvalue weighted by molar-refractivity contribution is 0.0863. The standard InChI is InChI=1S/C21H30N2O4S/c1-3-28(25,26)16-12-14-6-5-11-27-19(14)17(13-16)20(24)23-21(2,15-8-9-15)18-7-4-10-22-18/h12-13,15,18,22H,3-11H2,1-2H3,(H,23,24). The van der Waals surface area contributed by atoms with E-state index in [1.807, 2.05) is 0 Å². The molecule has 0 bridgehead atoms. The quantitative estimate of drug-likeness (QED) is 0.758. The van der Waals surface area contributed by atoms with Crippen molar-refractivity contribution in [3.63, 3.8) is 0 Å². The Morgan fingerprint density at radius 2 is 2.07 bits per heavy atom. The SMILES string of the molecule is CCS(=O)(=O)c1cc2c(c(C(=O)NC(C)(C3CC3)C3CCCN3)c1)OCCC2. The van der Waals surface area contributed by atoms with Crippen molar-refractivity contribution in [1.82, 2.24) is 10.6 Å². The van der Waals surface area contributed by atoms with Crippen LogP contribution in [0.5, 0.6) is 5.75 Å². The largest absolute Gasteiger partial charge is 0.492 e. The Hall–Kier alpha value is -1.60. The van der Waals surface area contributed by atoms with Crippen LogP contribution in [0.4, 0.5) is 0 Å². The highest BCUT2D eigenvalue weighted by molar-refractivity contribution is 7.91. The predicted molar refractivity (Wildman–Crippen MR) is 108 cm³/mol. The van der Waals surface area contributed by atoms with Gasteiger partial charge in [0.15, 0.2) is 9.84 Å². The van der Waals surface area contributed by atoms with E-state index in [-0.39, 0.29) is 28.1 Å². The number of aryl methyl sites for hydroxylation is 1.